The predicted octanol–water partition coefficient (Wildman–Crippen LogP) is 1.11. The van der Waals surface area contributed by atoms with Gasteiger partial charge in [0.1, 0.15) is 5.75 Å². The van der Waals surface area contributed by atoms with E-state index in [9.17, 15) is 14.4 Å². The SMILES string of the molecule is CC(=O)c1ccc(OCC(=O)OCC(=O)NC[C@H]2CCCO2)cc1. The van der Waals surface area contributed by atoms with Gasteiger partial charge in [0.05, 0.1) is 6.10 Å². The van der Waals surface area contributed by atoms with Gasteiger partial charge in [0.2, 0.25) is 0 Å². The lowest BCUT2D eigenvalue weighted by Crippen LogP contribution is -2.35. The Bertz CT molecular complexity index is 577. The van der Waals surface area contributed by atoms with Crippen molar-refractivity contribution >= 4 is 17.7 Å². The van der Waals surface area contributed by atoms with Gasteiger partial charge in [-0.15, -0.1) is 0 Å². The average molecular weight is 335 g/mol. The van der Waals surface area contributed by atoms with Crippen molar-refractivity contribution in [3.63, 3.8) is 0 Å². The van der Waals surface area contributed by atoms with Crippen LogP contribution in [0.25, 0.3) is 0 Å². The fraction of sp³-hybridized carbons (Fsp3) is 0.471. The first kappa shape index (κ1) is 17.9. The molecule has 130 valence electrons. The molecule has 1 amide bonds. The van der Waals surface area contributed by atoms with Gasteiger partial charge in [-0.1, -0.05) is 0 Å². The van der Waals surface area contributed by atoms with Gasteiger partial charge >= 0.3 is 5.97 Å². The maximum absolute atomic E-state index is 11.6. The Morgan fingerprint density at radius 2 is 1.96 bits per heavy atom. The number of ether oxygens (including phenoxy) is 3. The van der Waals surface area contributed by atoms with Crippen LogP contribution >= 0.6 is 0 Å². The lowest BCUT2D eigenvalue weighted by molar-refractivity contribution is -0.150. The summed E-state index contributed by atoms with van der Waals surface area (Å²) in [6, 6.07) is 6.42. The summed E-state index contributed by atoms with van der Waals surface area (Å²) in [5, 5.41) is 2.66. The number of amides is 1. The number of nitrogens with one attached hydrogen (secondary N) is 1. The minimum absolute atomic E-state index is 0.0463. The Kier molecular flexibility index (Phi) is 6.74. The fourth-order valence-electron chi connectivity index (χ4n) is 2.20. The van der Waals surface area contributed by atoms with E-state index in [1.54, 1.807) is 24.3 Å². The van der Waals surface area contributed by atoms with Gasteiger partial charge in [0.15, 0.2) is 19.0 Å². The van der Waals surface area contributed by atoms with Crippen LogP contribution < -0.4 is 10.1 Å². The summed E-state index contributed by atoms with van der Waals surface area (Å²) in [6.45, 7) is 1.96. The molecule has 1 heterocycles. The number of esters is 1. The number of hydrogen-bond donors (Lipinski definition) is 1. The minimum Gasteiger partial charge on any atom is -0.482 e. The van der Waals surface area contributed by atoms with E-state index in [1.807, 2.05) is 0 Å². The highest BCUT2D eigenvalue weighted by Gasteiger charge is 2.16. The smallest absolute Gasteiger partial charge is 0.344 e. The van der Waals surface area contributed by atoms with E-state index in [-0.39, 0.29) is 31.0 Å². The molecule has 1 atom stereocenters. The van der Waals surface area contributed by atoms with Gasteiger partial charge in [-0.3, -0.25) is 9.59 Å². The zero-order chi connectivity index (χ0) is 17.4. The summed E-state index contributed by atoms with van der Waals surface area (Å²) in [6.07, 6.45) is 1.97. The summed E-state index contributed by atoms with van der Waals surface area (Å²) in [5.74, 6) is -0.614. The lowest BCUT2D eigenvalue weighted by atomic mass is 10.1. The molecule has 0 aliphatic carbocycles. The topological polar surface area (TPSA) is 90.9 Å². The van der Waals surface area contributed by atoms with E-state index < -0.39 is 5.97 Å². The zero-order valence-electron chi connectivity index (χ0n) is 13.6. The minimum atomic E-state index is -0.641. The average Bonchev–Trinajstić information content (AvgIpc) is 3.10. The highest BCUT2D eigenvalue weighted by molar-refractivity contribution is 5.94. The van der Waals surface area contributed by atoms with Crippen molar-refractivity contribution in [2.75, 3.05) is 26.4 Å². The van der Waals surface area contributed by atoms with Crippen LogP contribution in [-0.4, -0.2) is 50.1 Å². The van der Waals surface area contributed by atoms with Crippen LogP contribution in [0, 0.1) is 0 Å². The highest BCUT2D eigenvalue weighted by atomic mass is 16.6. The van der Waals surface area contributed by atoms with Gasteiger partial charge < -0.3 is 19.5 Å². The van der Waals surface area contributed by atoms with Crippen molar-refractivity contribution in [2.24, 2.45) is 0 Å². The second kappa shape index (κ2) is 9.02. The molecule has 0 aromatic heterocycles. The Labute approximate surface area is 140 Å². The highest BCUT2D eigenvalue weighted by Crippen LogP contribution is 2.12. The third-order valence-corrected chi connectivity index (χ3v) is 3.53. The van der Waals surface area contributed by atoms with Crippen LogP contribution in [0.4, 0.5) is 0 Å². The molecule has 2 rings (SSSR count). The van der Waals surface area contributed by atoms with Crippen LogP contribution in [0.1, 0.15) is 30.1 Å². The lowest BCUT2D eigenvalue weighted by Gasteiger charge is -2.11. The molecule has 24 heavy (non-hydrogen) atoms. The van der Waals surface area contributed by atoms with E-state index in [1.165, 1.54) is 6.92 Å². The van der Waals surface area contributed by atoms with Crippen molar-refractivity contribution < 1.29 is 28.6 Å². The first-order valence-corrected chi connectivity index (χ1v) is 7.82. The molecule has 1 aromatic carbocycles. The van der Waals surface area contributed by atoms with Crippen molar-refractivity contribution in [1.82, 2.24) is 5.32 Å². The molecule has 0 spiro atoms. The largest absolute Gasteiger partial charge is 0.482 e. The summed E-state index contributed by atoms with van der Waals surface area (Å²) in [4.78, 5) is 34.3. The van der Waals surface area contributed by atoms with E-state index in [0.29, 0.717) is 17.9 Å². The number of Topliss-reactive ketones (excluding diaryl/α,β-unsaturated/α-hetero) is 1. The molecule has 0 unspecified atom stereocenters. The Morgan fingerprint density at radius 1 is 1.21 bits per heavy atom. The number of ketones is 1. The normalized spacial score (nSPS) is 16.5. The first-order chi connectivity index (χ1) is 11.5. The molecule has 1 fully saturated rings. The molecule has 7 nitrogen and oxygen atoms in total. The number of hydrogen-bond acceptors (Lipinski definition) is 6. The summed E-state index contributed by atoms with van der Waals surface area (Å²) in [7, 11) is 0. The van der Waals surface area contributed by atoms with E-state index in [4.69, 9.17) is 14.2 Å². The molecule has 7 heteroatoms. The molecule has 0 bridgehead atoms. The molecule has 1 saturated heterocycles. The fourth-order valence-corrected chi connectivity index (χ4v) is 2.20. The van der Waals surface area contributed by atoms with Crippen molar-refractivity contribution in [2.45, 2.75) is 25.9 Å². The Balaban J connectivity index is 1.61. The van der Waals surface area contributed by atoms with E-state index in [2.05, 4.69) is 5.32 Å². The molecular weight excluding hydrogens is 314 g/mol. The second-order valence-electron chi connectivity index (χ2n) is 5.47. The molecule has 0 radical (unpaired) electrons. The molecule has 1 N–H and O–H groups in total. The van der Waals surface area contributed by atoms with E-state index >= 15 is 0 Å². The molecule has 1 aliphatic rings. The number of rotatable bonds is 8. The van der Waals surface area contributed by atoms with Gasteiger partial charge in [-0.25, -0.2) is 4.79 Å². The number of benzene rings is 1. The Hall–Kier alpha value is -2.41. The van der Waals surface area contributed by atoms with Crippen LogP contribution in [-0.2, 0) is 19.1 Å². The second-order valence-corrected chi connectivity index (χ2v) is 5.47. The predicted molar refractivity (Wildman–Crippen MR) is 84.9 cm³/mol. The molecular formula is C17H21NO6. The summed E-state index contributed by atoms with van der Waals surface area (Å²) < 4.78 is 15.4. The van der Waals surface area contributed by atoms with Gasteiger partial charge in [-0.05, 0) is 44.0 Å². The zero-order valence-corrected chi connectivity index (χ0v) is 13.6. The summed E-state index contributed by atoms with van der Waals surface area (Å²) >= 11 is 0. The summed E-state index contributed by atoms with van der Waals surface area (Å²) in [5.41, 5.74) is 0.563. The Morgan fingerprint density at radius 3 is 2.58 bits per heavy atom. The molecule has 0 saturated carbocycles. The van der Waals surface area contributed by atoms with Gasteiger partial charge in [-0.2, -0.15) is 0 Å². The number of carbonyl (C=O) groups is 3. The monoisotopic (exact) mass is 335 g/mol. The quantitative estimate of drug-likeness (QED) is 0.565. The third kappa shape index (κ3) is 6.00. The van der Waals surface area contributed by atoms with Crippen molar-refractivity contribution in [3.8, 4) is 5.75 Å². The van der Waals surface area contributed by atoms with Gasteiger partial charge in [0.25, 0.3) is 5.91 Å². The number of carbonyl (C=O) groups excluding carboxylic acids is 3. The van der Waals surface area contributed by atoms with Crippen molar-refractivity contribution in [3.05, 3.63) is 29.8 Å². The maximum atomic E-state index is 11.6. The van der Waals surface area contributed by atoms with Crippen LogP contribution in [0.2, 0.25) is 0 Å². The van der Waals surface area contributed by atoms with E-state index in [0.717, 1.165) is 19.4 Å². The maximum Gasteiger partial charge on any atom is 0.344 e. The standard InChI is InChI=1S/C17H21NO6/c1-12(19)13-4-6-14(7-5-13)23-11-17(21)24-10-16(20)18-9-15-3-2-8-22-15/h4-7,15H,2-3,8-11H2,1H3,(H,18,20)/t15-/m1/s1. The first-order valence-electron chi connectivity index (χ1n) is 7.82. The van der Waals surface area contributed by atoms with Crippen LogP contribution in [0.3, 0.4) is 0 Å². The van der Waals surface area contributed by atoms with Crippen LogP contribution in [0.5, 0.6) is 5.75 Å². The molecule has 1 aliphatic heterocycles. The third-order valence-electron chi connectivity index (χ3n) is 3.53. The molecule has 1 aromatic rings. The van der Waals surface area contributed by atoms with Crippen LogP contribution in [0.15, 0.2) is 24.3 Å². The van der Waals surface area contributed by atoms with Gasteiger partial charge in [0, 0.05) is 18.7 Å². The van der Waals surface area contributed by atoms with Crippen molar-refractivity contribution in [1.29, 1.82) is 0 Å².